The second-order valence-corrected chi connectivity index (χ2v) is 7.72. The van der Waals surface area contributed by atoms with E-state index in [1.54, 1.807) is 7.11 Å². The number of phenols is 1. The molecule has 0 bridgehead atoms. The number of ether oxygens (including phenoxy) is 2. The van der Waals surface area contributed by atoms with Gasteiger partial charge in [0, 0.05) is 43.0 Å². The van der Waals surface area contributed by atoms with E-state index in [1.807, 2.05) is 18.2 Å². The number of nitrogens with one attached hydrogen (secondary N) is 1. The van der Waals surface area contributed by atoms with Crippen LogP contribution in [0.15, 0.2) is 60.7 Å². The molecule has 178 valence electrons. The first kappa shape index (κ1) is 24.7. The Bertz CT molecular complexity index is 1150. The number of rotatable bonds is 7. The number of aromatic hydroxyl groups is 1. The van der Waals surface area contributed by atoms with Crippen LogP contribution in [0.2, 0.25) is 0 Å². The maximum Gasteiger partial charge on any atom is 0.248 e. The normalized spacial score (nSPS) is 12.6. The standard InChI is InChI=1S/C19H22N2O2.C7H6FNO2/c1-22-19-12-18(7-6-16(19)13-20)23-11-10-21-9-8-15-4-2-3-5-17(15)14-21;8-5-3-4(7(9)11)1-2-6(5)10/h2-7,12-13,20H,8-11,14H2,1H3;1-3,10H,(H2,9,11). The van der Waals surface area contributed by atoms with Crippen LogP contribution in [0, 0.1) is 11.2 Å². The van der Waals surface area contributed by atoms with Gasteiger partial charge in [-0.15, -0.1) is 0 Å². The number of carbonyl (C=O) groups is 1. The quantitative estimate of drug-likeness (QED) is 0.461. The first-order chi connectivity index (χ1) is 16.4. The molecule has 0 fully saturated rings. The maximum atomic E-state index is 12.5. The van der Waals surface area contributed by atoms with Crippen LogP contribution >= 0.6 is 0 Å². The van der Waals surface area contributed by atoms with Crippen molar-refractivity contribution in [3.63, 3.8) is 0 Å². The van der Waals surface area contributed by atoms with Gasteiger partial charge in [-0.2, -0.15) is 0 Å². The Balaban J connectivity index is 0.000000248. The molecule has 3 aromatic rings. The van der Waals surface area contributed by atoms with Gasteiger partial charge in [0.2, 0.25) is 5.91 Å². The van der Waals surface area contributed by atoms with Crippen LogP contribution in [-0.4, -0.2) is 48.9 Å². The van der Waals surface area contributed by atoms with Crippen molar-refractivity contribution in [1.29, 1.82) is 5.41 Å². The predicted octanol–water partition coefficient (Wildman–Crippen LogP) is 3.76. The molecule has 1 aliphatic rings. The van der Waals surface area contributed by atoms with Crippen LogP contribution in [-0.2, 0) is 13.0 Å². The summed E-state index contributed by atoms with van der Waals surface area (Å²) in [7, 11) is 1.61. The van der Waals surface area contributed by atoms with Crippen molar-refractivity contribution in [2.45, 2.75) is 13.0 Å². The number of fused-ring (bicyclic) bond motifs is 1. The van der Waals surface area contributed by atoms with E-state index in [4.69, 9.17) is 25.7 Å². The van der Waals surface area contributed by atoms with E-state index in [-0.39, 0.29) is 5.56 Å². The second kappa shape index (κ2) is 11.8. The van der Waals surface area contributed by atoms with E-state index >= 15 is 0 Å². The van der Waals surface area contributed by atoms with Crippen LogP contribution < -0.4 is 15.2 Å². The minimum absolute atomic E-state index is 0.0419. The molecule has 0 atom stereocenters. The molecule has 0 aliphatic carbocycles. The largest absolute Gasteiger partial charge is 0.505 e. The van der Waals surface area contributed by atoms with Gasteiger partial charge in [-0.05, 0) is 47.9 Å². The zero-order chi connectivity index (χ0) is 24.5. The van der Waals surface area contributed by atoms with Gasteiger partial charge in [0.25, 0.3) is 0 Å². The Labute approximate surface area is 198 Å². The van der Waals surface area contributed by atoms with Gasteiger partial charge in [-0.1, -0.05) is 24.3 Å². The van der Waals surface area contributed by atoms with Gasteiger partial charge in [0.05, 0.1) is 7.11 Å². The molecule has 0 unspecified atom stereocenters. The molecule has 4 N–H and O–H groups in total. The number of halogens is 1. The van der Waals surface area contributed by atoms with Crippen molar-refractivity contribution in [2.24, 2.45) is 5.73 Å². The molecule has 0 spiro atoms. The molecule has 0 radical (unpaired) electrons. The molecule has 34 heavy (non-hydrogen) atoms. The molecule has 0 aromatic heterocycles. The highest BCUT2D eigenvalue weighted by atomic mass is 19.1. The summed E-state index contributed by atoms with van der Waals surface area (Å²) in [6.07, 6.45) is 2.39. The Morgan fingerprint density at radius 3 is 2.62 bits per heavy atom. The molecular weight excluding hydrogens is 437 g/mol. The number of methoxy groups -OCH3 is 1. The lowest BCUT2D eigenvalue weighted by atomic mass is 10.0. The SMILES string of the molecule is COc1cc(OCCN2CCc3ccccc3C2)ccc1C=N.NC(=O)c1ccc(O)c(F)c1. The maximum absolute atomic E-state index is 12.5. The third-order valence-electron chi connectivity index (χ3n) is 5.48. The molecule has 7 nitrogen and oxygen atoms in total. The van der Waals surface area contributed by atoms with Gasteiger partial charge in [0.1, 0.15) is 18.1 Å². The second-order valence-electron chi connectivity index (χ2n) is 7.72. The Hall–Kier alpha value is -3.91. The molecule has 4 rings (SSSR count). The van der Waals surface area contributed by atoms with E-state index in [0.717, 1.165) is 49.5 Å². The number of carbonyl (C=O) groups excluding carboxylic acids is 1. The van der Waals surface area contributed by atoms with Crippen molar-refractivity contribution in [3.05, 3.63) is 88.7 Å². The highest BCUT2D eigenvalue weighted by molar-refractivity contribution is 5.92. The molecule has 1 aliphatic heterocycles. The van der Waals surface area contributed by atoms with Crippen molar-refractivity contribution >= 4 is 12.1 Å². The number of benzene rings is 3. The van der Waals surface area contributed by atoms with Crippen molar-refractivity contribution in [3.8, 4) is 17.2 Å². The number of hydrogen-bond acceptors (Lipinski definition) is 6. The highest BCUT2D eigenvalue weighted by Gasteiger charge is 2.15. The molecule has 3 aromatic carbocycles. The van der Waals surface area contributed by atoms with Crippen LogP contribution in [0.3, 0.4) is 0 Å². The smallest absolute Gasteiger partial charge is 0.248 e. The minimum Gasteiger partial charge on any atom is -0.505 e. The fourth-order valence-corrected chi connectivity index (χ4v) is 3.60. The average Bonchev–Trinajstić information content (AvgIpc) is 2.85. The van der Waals surface area contributed by atoms with E-state index in [1.165, 1.54) is 23.4 Å². The number of amides is 1. The monoisotopic (exact) mass is 465 g/mol. The molecule has 0 saturated carbocycles. The number of nitrogens with two attached hydrogens (primary N) is 1. The summed E-state index contributed by atoms with van der Waals surface area (Å²) in [6.45, 7) is 3.63. The molecule has 8 heteroatoms. The van der Waals surface area contributed by atoms with Gasteiger partial charge >= 0.3 is 0 Å². The van der Waals surface area contributed by atoms with Crippen LogP contribution in [0.5, 0.6) is 17.2 Å². The van der Waals surface area contributed by atoms with Crippen LogP contribution in [0.1, 0.15) is 27.0 Å². The fourth-order valence-electron chi connectivity index (χ4n) is 3.60. The lowest BCUT2D eigenvalue weighted by molar-refractivity contribution is 0.1000. The predicted molar refractivity (Wildman–Crippen MR) is 128 cm³/mol. The third-order valence-corrected chi connectivity index (χ3v) is 5.48. The highest BCUT2D eigenvalue weighted by Crippen LogP contribution is 2.24. The Morgan fingerprint density at radius 1 is 1.18 bits per heavy atom. The van der Waals surface area contributed by atoms with Crippen LogP contribution in [0.25, 0.3) is 0 Å². The summed E-state index contributed by atoms with van der Waals surface area (Å²) < 4.78 is 23.6. The molecule has 1 amide bonds. The molecule has 1 heterocycles. The Morgan fingerprint density at radius 2 is 1.94 bits per heavy atom. The first-order valence-corrected chi connectivity index (χ1v) is 10.8. The van der Waals surface area contributed by atoms with Gasteiger partial charge in [-0.25, -0.2) is 4.39 Å². The summed E-state index contributed by atoms with van der Waals surface area (Å²) in [4.78, 5) is 12.9. The fraction of sp³-hybridized carbons (Fsp3) is 0.231. The summed E-state index contributed by atoms with van der Waals surface area (Å²) in [5.41, 5.74) is 8.54. The van der Waals surface area contributed by atoms with Crippen molar-refractivity contribution in [2.75, 3.05) is 26.8 Å². The van der Waals surface area contributed by atoms with E-state index in [2.05, 4.69) is 29.2 Å². The number of nitrogens with zero attached hydrogens (tertiary/aromatic N) is 1. The average molecular weight is 466 g/mol. The van der Waals surface area contributed by atoms with Crippen molar-refractivity contribution in [1.82, 2.24) is 4.90 Å². The topological polar surface area (TPSA) is 109 Å². The van der Waals surface area contributed by atoms with Crippen molar-refractivity contribution < 1.29 is 23.8 Å². The third kappa shape index (κ3) is 6.55. The zero-order valence-electron chi connectivity index (χ0n) is 19.0. The first-order valence-electron chi connectivity index (χ1n) is 10.8. The van der Waals surface area contributed by atoms with Gasteiger partial charge in [0.15, 0.2) is 11.6 Å². The van der Waals surface area contributed by atoms with E-state index < -0.39 is 17.5 Å². The summed E-state index contributed by atoms with van der Waals surface area (Å²) >= 11 is 0. The van der Waals surface area contributed by atoms with Gasteiger partial charge in [-0.3, -0.25) is 9.69 Å². The number of phenolic OH excluding ortho intramolecular Hbond substituents is 1. The lowest BCUT2D eigenvalue weighted by Gasteiger charge is -2.28. The number of primary amides is 1. The van der Waals surface area contributed by atoms with Gasteiger partial charge < -0.3 is 25.7 Å². The number of hydrogen-bond donors (Lipinski definition) is 3. The van der Waals surface area contributed by atoms with Crippen LogP contribution in [0.4, 0.5) is 4.39 Å². The Kier molecular flexibility index (Phi) is 8.59. The summed E-state index contributed by atoms with van der Waals surface area (Å²) in [6, 6.07) is 17.4. The minimum atomic E-state index is -0.846. The molecular formula is C26H28FN3O4. The molecule has 0 saturated heterocycles. The summed E-state index contributed by atoms with van der Waals surface area (Å²) in [5.74, 6) is -0.602. The van der Waals surface area contributed by atoms with E-state index in [0.29, 0.717) is 12.4 Å². The zero-order valence-corrected chi connectivity index (χ0v) is 19.0. The summed E-state index contributed by atoms with van der Waals surface area (Å²) in [5, 5.41) is 16.0. The lowest BCUT2D eigenvalue weighted by Crippen LogP contribution is -2.33. The van der Waals surface area contributed by atoms with E-state index in [9.17, 15) is 9.18 Å².